The number of nitrogens with zero attached hydrogens (tertiary/aromatic N) is 1. The summed E-state index contributed by atoms with van der Waals surface area (Å²) in [6.45, 7) is 6.04. The highest BCUT2D eigenvalue weighted by Crippen LogP contribution is 2.34. The van der Waals surface area contributed by atoms with E-state index in [1.165, 1.54) is 6.07 Å². The van der Waals surface area contributed by atoms with E-state index >= 15 is 0 Å². The van der Waals surface area contributed by atoms with Crippen LogP contribution in [-0.4, -0.2) is 21.5 Å². The third-order valence-corrected chi connectivity index (χ3v) is 4.47. The van der Waals surface area contributed by atoms with E-state index in [-0.39, 0.29) is 10.3 Å². The molecule has 5 nitrogen and oxygen atoms in total. The second kappa shape index (κ2) is 4.68. The number of hydrogen-bond donors (Lipinski definition) is 2. The van der Waals surface area contributed by atoms with E-state index in [9.17, 15) is 8.42 Å². The summed E-state index contributed by atoms with van der Waals surface area (Å²) >= 11 is 0. The zero-order valence-corrected chi connectivity index (χ0v) is 12.2. The van der Waals surface area contributed by atoms with Gasteiger partial charge in [-0.3, -0.25) is 0 Å². The van der Waals surface area contributed by atoms with E-state index in [0.717, 1.165) is 25.9 Å². The second-order valence-electron chi connectivity index (χ2n) is 5.96. The van der Waals surface area contributed by atoms with Crippen LogP contribution in [0, 0.1) is 5.41 Å². The minimum absolute atomic E-state index is 0.116. The maximum atomic E-state index is 11.7. The van der Waals surface area contributed by atoms with E-state index in [4.69, 9.17) is 10.9 Å². The lowest BCUT2D eigenvalue weighted by molar-refractivity contribution is 0.292. The number of sulfonamides is 1. The molecule has 1 aromatic rings. The van der Waals surface area contributed by atoms with Crippen LogP contribution in [0.1, 0.15) is 26.7 Å². The van der Waals surface area contributed by atoms with Gasteiger partial charge in [0.1, 0.15) is 4.90 Å². The van der Waals surface area contributed by atoms with E-state index in [0.29, 0.717) is 11.4 Å². The van der Waals surface area contributed by atoms with Crippen molar-refractivity contribution in [2.24, 2.45) is 10.6 Å². The standard InChI is InChI=1S/C13H21N3O2S/c1-13(2)6-3-7-16(9-13)11-5-4-10(14)8-12(11)19(15,17)18/h4-5,8H,3,6-7,9,14H2,1-2H3,(H2,15,17,18). The normalized spacial score (nSPS) is 19.4. The first-order valence-electron chi connectivity index (χ1n) is 6.36. The van der Waals surface area contributed by atoms with Crippen molar-refractivity contribution in [1.82, 2.24) is 0 Å². The lowest BCUT2D eigenvalue weighted by Crippen LogP contribution is -2.40. The van der Waals surface area contributed by atoms with Crippen LogP contribution in [0.2, 0.25) is 0 Å². The Morgan fingerprint density at radius 3 is 2.58 bits per heavy atom. The molecule has 0 aliphatic carbocycles. The van der Waals surface area contributed by atoms with Gasteiger partial charge in [0.15, 0.2) is 0 Å². The van der Waals surface area contributed by atoms with E-state index in [1.54, 1.807) is 12.1 Å². The average Bonchev–Trinajstić information content (AvgIpc) is 2.26. The molecule has 1 aliphatic heterocycles. The number of nitrogens with two attached hydrogens (primary N) is 2. The molecule has 106 valence electrons. The molecule has 19 heavy (non-hydrogen) atoms. The van der Waals surface area contributed by atoms with Gasteiger partial charge in [0.2, 0.25) is 10.0 Å². The minimum atomic E-state index is -3.76. The van der Waals surface area contributed by atoms with E-state index in [2.05, 4.69) is 18.7 Å². The van der Waals surface area contributed by atoms with Crippen molar-refractivity contribution in [3.63, 3.8) is 0 Å². The molecule has 1 heterocycles. The highest BCUT2D eigenvalue weighted by atomic mass is 32.2. The molecule has 0 atom stereocenters. The lowest BCUT2D eigenvalue weighted by atomic mass is 9.84. The van der Waals surface area contributed by atoms with Crippen LogP contribution < -0.4 is 15.8 Å². The van der Waals surface area contributed by atoms with E-state index < -0.39 is 10.0 Å². The van der Waals surface area contributed by atoms with Crippen molar-refractivity contribution in [1.29, 1.82) is 0 Å². The molecule has 6 heteroatoms. The van der Waals surface area contributed by atoms with Crippen molar-refractivity contribution in [3.8, 4) is 0 Å². The van der Waals surface area contributed by atoms with Crippen LogP contribution in [0.4, 0.5) is 11.4 Å². The van der Waals surface area contributed by atoms with Crippen molar-refractivity contribution in [2.45, 2.75) is 31.6 Å². The van der Waals surface area contributed by atoms with Gasteiger partial charge in [-0.15, -0.1) is 0 Å². The Morgan fingerprint density at radius 1 is 1.32 bits per heavy atom. The van der Waals surface area contributed by atoms with Gasteiger partial charge in [-0.1, -0.05) is 13.8 Å². The van der Waals surface area contributed by atoms with Crippen molar-refractivity contribution >= 4 is 21.4 Å². The molecule has 0 saturated carbocycles. The Kier molecular flexibility index (Phi) is 3.49. The van der Waals surface area contributed by atoms with Gasteiger partial charge in [0, 0.05) is 18.8 Å². The first-order valence-corrected chi connectivity index (χ1v) is 7.91. The zero-order chi connectivity index (χ0) is 14.3. The number of benzene rings is 1. The maximum Gasteiger partial charge on any atom is 0.240 e. The van der Waals surface area contributed by atoms with Crippen molar-refractivity contribution in [2.75, 3.05) is 23.7 Å². The molecule has 0 radical (unpaired) electrons. The molecular weight excluding hydrogens is 262 g/mol. The number of hydrogen-bond acceptors (Lipinski definition) is 4. The van der Waals surface area contributed by atoms with Crippen LogP contribution in [0.15, 0.2) is 23.1 Å². The Balaban J connectivity index is 2.45. The summed E-state index contributed by atoms with van der Waals surface area (Å²) in [5.74, 6) is 0. The molecule has 0 spiro atoms. The molecule has 1 aliphatic rings. The largest absolute Gasteiger partial charge is 0.399 e. The summed E-state index contributed by atoms with van der Waals surface area (Å²) in [6, 6.07) is 4.90. The van der Waals surface area contributed by atoms with Gasteiger partial charge in [-0.2, -0.15) is 0 Å². The summed E-state index contributed by atoms with van der Waals surface area (Å²) < 4.78 is 23.4. The number of piperidine rings is 1. The number of rotatable bonds is 2. The summed E-state index contributed by atoms with van der Waals surface area (Å²) in [5.41, 5.74) is 6.91. The minimum Gasteiger partial charge on any atom is -0.399 e. The zero-order valence-electron chi connectivity index (χ0n) is 11.4. The molecule has 1 saturated heterocycles. The summed E-state index contributed by atoms with van der Waals surface area (Å²) in [6.07, 6.45) is 2.19. The number of primary sulfonamides is 1. The fourth-order valence-electron chi connectivity index (χ4n) is 2.65. The first kappa shape index (κ1) is 14.1. The summed E-state index contributed by atoms with van der Waals surface area (Å²) in [5, 5.41) is 5.29. The average molecular weight is 283 g/mol. The molecule has 1 fully saturated rings. The molecule has 0 amide bonds. The maximum absolute atomic E-state index is 11.7. The third kappa shape index (κ3) is 3.19. The number of anilines is 2. The van der Waals surface area contributed by atoms with Crippen molar-refractivity contribution < 1.29 is 8.42 Å². The lowest BCUT2D eigenvalue weighted by Gasteiger charge is -2.40. The highest BCUT2D eigenvalue weighted by Gasteiger charge is 2.29. The number of nitrogen functional groups attached to an aromatic ring is 1. The SMILES string of the molecule is CC1(C)CCCN(c2ccc(N)cc2S(N)(=O)=O)C1. The predicted octanol–water partition coefficient (Wildman–Crippen LogP) is 1.54. The molecule has 0 aromatic heterocycles. The van der Waals surface area contributed by atoms with Crippen LogP contribution in [0.5, 0.6) is 0 Å². The van der Waals surface area contributed by atoms with Crippen LogP contribution in [0.3, 0.4) is 0 Å². The van der Waals surface area contributed by atoms with Gasteiger partial charge in [-0.25, -0.2) is 13.6 Å². The quantitative estimate of drug-likeness (QED) is 0.806. The molecule has 0 unspecified atom stereocenters. The third-order valence-electron chi connectivity index (χ3n) is 3.53. The Hall–Kier alpha value is -1.27. The van der Waals surface area contributed by atoms with Crippen molar-refractivity contribution in [3.05, 3.63) is 18.2 Å². The molecule has 2 rings (SSSR count). The van der Waals surface area contributed by atoms with Gasteiger partial charge in [0.05, 0.1) is 5.69 Å². The Labute approximate surface area is 114 Å². The molecule has 1 aromatic carbocycles. The fourth-order valence-corrected chi connectivity index (χ4v) is 3.44. The van der Waals surface area contributed by atoms with E-state index in [1.807, 2.05) is 0 Å². The molecular formula is C13H21N3O2S. The van der Waals surface area contributed by atoms with Gasteiger partial charge < -0.3 is 10.6 Å². The summed E-state index contributed by atoms with van der Waals surface area (Å²) in [4.78, 5) is 2.20. The van der Waals surface area contributed by atoms with Gasteiger partial charge >= 0.3 is 0 Å². The fraction of sp³-hybridized carbons (Fsp3) is 0.538. The first-order chi connectivity index (χ1) is 8.69. The van der Waals surface area contributed by atoms with Gasteiger partial charge in [-0.05, 0) is 36.5 Å². The van der Waals surface area contributed by atoms with Crippen LogP contribution in [-0.2, 0) is 10.0 Å². The van der Waals surface area contributed by atoms with Crippen LogP contribution in [0.25, 0.3) is 0 Å². The topological polar surface area (TPSA) is 89.4 Å². The Morgan fingerprint density at radius 2 is 2.00 bits per heavy atom. The predicted molar refractivity (Wildman–Crippen MR) is 77.5 cm³/mol. The smallest absolute Gasteiger partial charge is 0.240 e. The monoisotopic (exact) mass is 283 g/mol. The molecule has 4 N–H and O–H groups in total. The highest BCUT2D eigenvalue weighted by molar-refractivity contribution is 7.89. The molecule has 0 bridgehead atoms. The Bertz CT molecular complexity index is 582. The second-order valence-corrected chi connectivity index (χ2v) is 7.49. The van der Waals surface area contributed by atoms with Gasteiger partial charge in [0.25, 0.3) is 0 Å². The van der Waals surface area contributed by atoms with Crippen LogP contribution >= 0.6 is 0 Å². The summed E-state index contributed by atoms with van der Waals surface area (Å²) in [7, 11) is -3.76.